The van der Waals surface area contributed by atoms with Crippen LogP contribution in [0.4, 0.5) is 0 Å². The van der Waals surface area contributed by atoms with Gasteiger partial charge in [0, 0.05) is 26.2 Å². The van der Waals surface area contributed by atoms with Crippen molar-refractivity contribution >= 4 is 88.0 Å². The van der Waals surface area contributed by atoms with Crippen molar-refractivity contribution in [2.24, 2.45) is 0 Å². The Bertz CT molecular complexity index is 4240. The third-order valence-electron chi connectivity index (χ3n) is 21.0. The monoisotopic (exact) mass is 1350 g/mol. The Balaban J connectivity index is 0.000000155. The summed E-state index contributed by atoms with van der Waals surface area (Å²) in [5.41, 5.74) is 10.2. The van der Waals surface area contributed by atoms with Crippen LogP contribution in [0, 0.1) is 0 Å². The van der Waals surface area contributed by atoms with E-state index < -0.39 is 71.7 Å². The van der Waals surface area contributed by atoms with Crippen molar-refractivity contribution in [2.45, 2.75) is 128 Å². The van der Waals surface area contributed by atoms with Crippen LogP contribution in [0.3, 0.4) is 0 Å². The normalized spacial score (nSPS) is 19.6. The molecule has 5 aliphatic rings. The standard InChI is InChI=1S/C35H39BO4P2.C29H27ClO2P2.C12H24B2O4/c1-33(2)34(3,4)40-36(39-33)26-16-12-15-25(21-26)35(24-13-10-9-11-14-24)31-22-27(41(5,6)37)17-19-29(31)30-20-18-28(23-32(30)35)42(7,8)38;1-33(2,31)23-13-15-25-26-16-14-24(34(3,4)32)19-28(26)29(27(25)18-23,20-9-6-5-7-10-20)21-11-8-12-22(30)17-21;1-9(2)10(3,4)16-13(15-9)14-17-11(5,6)12(7,8)18-14/h9-23H,1-8H3;5-19H,1-4H3;1-8H3. The van der Waals surface area contributed by atoms with Crippen molar-refractivity contribution < 1.29 is 46.2 Å². The number of hydrogen-bond donors (Lipinski definition) is 0. The SMILES string of the molecule is CC1(C)OB(B2OC(C)(C)C(C)(C)O2)OC1(C)C.CC1(C)OB(c2cccc(C3(c4ccccc4)c4cc(P(C)(C)=O)ccc4-c4ccc(P(C)(C)=O)cc43)c2)OC1(C)C.CP(C)(=O)c1ccc2c(c1)C(c1ccccc1)(c1cccc(Cl)c1)c1cc(P(C)(C)=O)ccc1-2. The van der Waals surface area contributed by atoms with E-state index in [2.05, 4.69) is 143 Å². The van der Waals surface area contributed by atoms with Gasteiger partial charge in [-0.05, 0) is 245 Å². The third kappa shape index (κ3) is 12.4. The second kappa shape index (κ2) is 24.1. The topological polar surface area (TPSA) is 124 Å². The van der Waals surface area contributed by atoms with Crippen LogP contribution in [0.25, 0.3) is 22.3 Å². The predicted octanol–water partition coefficient (Wildman–Crippen LogP) is 16.3. The maximum absolute atomic E-state index is 13.4. The van der Waals surface area contributed by atoms with Gasteiger partial charge in [-0.15, -0.1) is 0 Å². The molecule has 94 heavy (non-hydrogen) atoms. The zero-order chi connectivity index (χ0) is 68.6. The van der Waals surface area contributed by atoms with Gasteiger partial charge in [-0.2, -0.15) is 0 Å². The van der Waals surface area contributed by atoms with Gasteiger partial charge in [0.1, 0.15) is 28.6 Å². The van der Waals surface area contributed by atoms with Crippen LogP contribution in [0.15, 0.2) is 182 Å². The number of halogens is 1. The predicted molar refractivity (Wildman–Crippen MR) is 397 cm³/mol. The summed E-state index contributed by atoms with van der Waals surface area (Å²) >= 11 is 6.55. The van der Waals surface area contributed by atoms with Gasteiger partial charge in [0.25, 0.3) is 0 Å². The molecule has 0 N–H and O–H groups in total. The molecule has 3 fully saturated rings. The molecule has 13 rings (SSSR count). The van der Waals surface area contributed by atoms with E-state index in [4.69, 9.17) is 39.5 Å². The molecule has 0 aromatic heterocycles. The molecule has 0 amide bonds. The molecule has 0 spiro atoms. The second-order valence-electron chi connectivity index (χ2n) is 30.5. The van der Waals surface area contributed by atoms with Gasteiger partial charge >= 0.3 is 21.1 Å². The molecule has 0 unspecified atom stereocenters. The minimum Gasteiger partial charge on any atom is -0.405 e. The largest absolute Gasteiger partial charge is 0.494 e. The third-order valence-corrected chi connectivity index (χ3v) is 27.3. The maximum Gasteiger partial charge on any atom is 0.494 e. The lowest BCUT2D eigenvalue weighted by atomic mass is 9.49. The molecule has 0 saturated carbocycles. The first kappa shape index (κ1) is 70.2. The first-order valence-electron chi connectivity index (χ1n) is 32.3. The number of rotatable bonds is 10. The summed E-state index contributed by atoms with van der Waals surface area (Å²) in [4.78, 5) is 0. The molecule has 3 aliphatic heterocycles. The fraction of sp³-hybridized carbons (Fsp3) is 0.368. The smallest absolute Gasteiger partial charge is 0.405 e. The van der Waals surface area contributed by atoms with Crippen molar-refractivity contribution in [1.29, 1.82) is 0 Å². The number of benzene rings is 8. The minimum absolute atomic E-state index is 0.360. The minimum atomic E-state index is -2.56. The summed E-state index contributed by atoms with van der Waals surface area (Å²) in [7, 11) is -11.6. The fourth-order valence-electron chi connectivity index (χ4n) is 13.5. The Hall–Kier alpha value is -5.08. The highest BCUT2D eigenvalue weighted by Gasteiger charge is 2.64. The Kier molecular flexibility index (Phi) is 18.0. The van der Waals surface area contributed by atoms with Crippen LogP contribution in [-0.2, 0) is 57.0 Å². The summed E-state index contributed by atoms with van der Waals surface area (Å²) in [5, 5.41) is 4.03. The van der Waals surface area contributed by atoms with Crippen molar-refractivity contribution in [1.82, 2.24) is 0 Å². The molecule has 2 aliphatic carbocycles. The van der Waals surface area contributed by atoms with E-state index in [0.717, 1.165) is 93.4 Å². The molecule has 3 heterocycles. The van der Waals surface area contributed by atoms with Crippen LogP contribution >= 0.6 is 40.2 Å². The van der Waals surface area contributed by atoms with E-state index in [1.54, 1.807) is 0 Å². The molecule has 490 valence electrons. The first-order valence-corrected chi connectivity index (χ1v) is 43.1. The van der Waals surface area contributed by atoms with Crippen LogP contribution in [-0.4, -0.2) is 108 Å². The van der Waals surface area contributed by atoms with Crippen LogP contribution < -0.4 is 26.7 Å². The average Bonchev–Trinajstić information content (AvgIpc) is 1.53. The second-order valence-corrected chi connectivity index (χ2v) is 43.8. The van der Waals surface area contributed by atoms with Crippen LogP contribution in [0.2, 0.25) is 5.02 Å². The van der Waals surface area contributed by atoms with E-state index in [-0.39, 0.29) is 22.4 Å². The summed E-state index contributed by atoms with van der Waals surface area (Å²) < 4.78 is 90.0. The summed E-state index contributed by atoms with van der Waals surface area (Å²) in [6.45, 7) is 39.0. The van der Waals surface area contributed by atoms with Gasteiger partial charge in [0.05, 0.1) is 44.4 Å². The summed E-state index contributed by atoms with van der Waals surface area (Å²) in [5.74, 6) is 0. The molecule has 0 atom stereocenters. The summed E-state index contributed by atoms with van der Waals surface area (Å²) in [6.07, 6.45) is 0. The lowest BCUT2D eigenvalue weighted by Gasteiger charge is -2.35. The van der Waals surface area contributed by atoms with Crippen molar-refractivity contribution in [3.8, 4) is 22.3 Å². The average molecular weight is 1360 g/mol. The zero-order valence-electron chi connectivity index (χ0n) is 58.3. The molecule has 0 bridgehead atoms. The lowest BCUT2D eigenvalue weighted by molar-refractivity contribution is 0.00578. The lowest BCUT2D eigenvalue weighted by Crippen LogP contribution is -2.41. The Morgan fingerprint density at radius 3 is 0.851 bits per heavy atom. The van der Waals surface area contributed by atoms with Crippen molar-refractivity contribution in [3.63, 3.8) is 0 Å². The van der Waals surface area contributed by atoms with Gasteiger partial charge in [0.2, 0.25) is 0 Å². The quantitative estimate of drug-likeness (QED) is 0.0966. The molecule has 10 nitrogen and oxygen atoms in total. The molecule has 3 saturated heterocycles. The van der Waals surface area contributed by atoms with Crippen molar-refractivity contribution in [3.05, 3.63) is 232 Å². The highest BCUT2D eigenvalue weighted by atomic mass is 35.5. The highest BCUT2D eigenvalue weighted by molar-refractivity contribution is 7.71. The first-order chi connectivity index (χ1) is 43.5. The molecule has 8 aromatic rings. The maximum atomic E-state index is 13.4. The Labute approximate surface area is 565 Å². The highest BCUT2D eigenvalue weighted by Crippen LogP contribution is 2.60. The van der Waals surface area contributed by atoms with Crippen LogP contribution in [0.5, 0.6) is 0 Å². The van der Waals surface area contributed by atoms with E-state index in [1.165, 1.54) is 0 Å². The molecule has 18 heteroatoms. The summed E-state index contributed by atoms with van der Waals surface area (Å²) in [6, 6.07) is 62.2. The molecule has 8 aromatic carbocycles. The number of hydrogen-bond acceptors (Lipinski definition) is 10. The fourth-order valence-corrected chi connectivity index (χ4v) is 17.2. The van der Waals surface area contributed by atoms with Gasteiger partial charge < -0.3 is 46.2 Å². The van der Waals surface area contributed by atoms with E-state index >= 15 is 0 Å². The molecular weight excluding hydrogens is 1260 g/mol. The Morgan fingerprint density at radius 1 is 0.298 bits per heavy atom. The van der Waals surface area contributed by atoms with Gasteiger partial charge in [0.15, 0.2) is 0 Å². The number of fused-ring (bicyclic) bond motifs is 6. The van der Waals surface area contributed by atoms with Crippen LogP contribution in [0.1, 0.15) is 128 Å². The van der Waals surface area contributed by atoms with Crippen molar-refractivity contribution in [2.75, 3.05) is 53.3 Å². The van der Waals surface area contributed by atoms with E-state index in [1.807, 2.05) is 175 Å². The van der Waals surface area contributed by atoms with E-state index in [9.17, 15) is 18.3 Å². The van der Waals surface area contributed by atoms with Gasteiger partial charge in [-0.3, -0.25) is 0 Å². The Morgan fingerprint density at radius 2 is 0.564 bits per heavy atom. The van der Waals surface area contributed by atoms with Gasteiger partial charge in [-0.25, -0.2) is 0 Å². The van der Waals surface area contributed by atoms with E-state index in [0.29, 0.717) is 5.02 Å². The zero-order valence-corrected chi connectivity index (χ0v) is 62.6. The van der Waals surface area contributed by atoms with Gasteiger partial charge in [-0.1, -0.05) is 157 Å². The molecular formula is C76H90B3ClO10P4. The molecule has 0 radical (unpaired) electrons.